The Morgan fingerprint density at radius 1 is 0.935 bits per heavy atom. The first kappa shape index (κ1) is 29.2. The smallest absolute Gasteiger partial charge is 0.361 e. The average Bonchev–Trinajstić information content (AvgIpc) is 2.76. The fraction of sp³-hybridized carbons (Fsp3) is 0.824. The van der Waals surface area contributed by atoms with E-state index in [0.717, 1.165) is 5.06 Å². The normalized spacial score (nSPS) is 16.2. The van der Waals surface area contributed by atoms with E-state index in [1.807, 2.05) is 0 Å². The van der Waals surface area contributed by atoms with Crippen molar-refractivity contribution in [3.8, 4) is 0 Å². The monoisotopic (exact) mass is 457 g/mol. The zero-order valence-electron chi connectivity index (χ0n) is 17.3. The van der Waals surface area contributed by atoms with Gasteiger partial charge in [-0.15, -0.1) is 0 Å². The number of hydrogen-bond acceptors (Lipinski definition) is 12. The van der Waals surface area contributed by atoms with Crippen LogP contribution in [0.3, 0.4) is 0 Å². The van der Waals surface area contributed by atoms with Crippen LogP contribution in [0.25, 0.3) is 0 Å². The van der Waals surface area contributed by atoms with E-state index in [0.29, 0.717) is 0 Å². The Bertz CT molecular complexity index is 546. The number of Topliss-reactive ketones (excluding diaryl/α,β-unsaturated/α-hetero) is 1. The zero-order valence-corrected chi connectivity index (χ0v) is 17.3. The van der Waals surface area contributed by atoms with Crippen molar-refractivity contribution >= 4 is 17.7 Å². The molecule has 0 radical (unpaired) electrons. The second-order valence-electron chi connectivity index (χ2n) is 6.05. The number of amides is 1. The molecule has 0 spiro atoms. The molecular weight excluding hydrogens is 426 g/mol. The van der Waals surface area contributed by atoms with Gasteiger partial charge in [0.25, 0.3) is 12.2 Å². The molecule has 0 fully saturated rings. The van der Waals surface area contributed by atoms with Gasteiger partial charge in [0, 0.05) is 13.2 Å². The molecule has 5 atom stereocenters. The lowest BCUT2D eigenvalue weighted by Gasteiger charge is -2.24. The molecule has 14 heteroatoms. The Kier molecular flexibility index (Phi) is 15.1. The molecule has 31 heavy (non-hydrogen) atoms. The van der Waals surface area contributed by atoms with E-state index in [4.69, 9.17) is 29.3 Å². The number of carboxylic acids is 1. The topological polar surface area (TPSA) is 213 Å². The molecule has 14 nitrogen and oxygen atoms in total. The van der Waals surface area contributed by atoms with Gasteiger partial charge in [-0.3, -0.25) is 14.4 Å². The van der Waals surface area contributed by atoms with E-state index in [-0.39, 0.29) is 26.4 Å². The van der Waals surface area contributed by atoms with Crippen molar-refractivity contribution in [2.75, 3.05) is 46.2 Å². The molecule has 5 unspecified atom stereocenters. The second kappa shape index (κ2) is 16.0. The van der Waals surface area contributed by atoms with E-state index >= 15 is 0 Å². The summed E-state index contributed by atoms with van der Waals surface area (Å²) < 4.78 is 14.6. The molecule has 1 amide bonds. The number of carboxylic acid groups (broad SMARTS) is 1. The van der Waals surface area contributed by atoms with E-state index in [1.54, 1.807) is 13.8 Å². The van der Waals surface area contributed by atoms with Crippen molar-refractivity contribution in [1.82, 2.24) is 5.06 Å². The van der Waals surface area contributed by atoms with Crippen LogP contribution in [-0.2, 0) is 33.4 Å². The molecule has 0 rings (SSSR count). The minimum Gasteiger partial charge on any atom is -0.477 e. The predicted octanol–water partition coefficient (Wildman–Crippen LogP) is -3.75. The highest BCUT2D eigenvalue weighted by molar-refractivity contribution is 5.84. The summed E-state index contributed by atoms with van der Waals surface area (Å²) in [5.74, 6) is -3.06. The summed E-state index contributed by atoms with van der Waals surface area (Å²) in [6.07, 6.45) is -9.37. The molecule has 182 valence electrons. The third-order valence-corrected chi connectivity index (χ3v) is 3.75. The highest BCUT2D eigenvalue weighted by atomic mass is 16.7. The van der Waals surface area contributed by atoms with Crippen LogP contribution in [-0.4, -0.2) is 130 Å². The predicted molar refractivity (Wildman–Crippen MR) is 99.3 cm³/mol. The first-order valence-corrected chi connectivity index (χ1v) is 9.43. The molecule has 0 aliphatic rings. The van der Waals surface area contributed by atoms with Gasteiger partial charge >= 0.3 is 5.97 Å². The lowest BCUT2D eigenvalue weighted by Crippen LogP contribution is -2.49. The van der Waals surface area contributed by atoms with Crippen molar-refractivity contribution in [3.63, 3.8) is 0 Å². The summed E-state index contributed by atoms with van der Waals surface area (Å²) in [5.41, 5.74) is 0. The number of ketones is 1. The molecule has 0 aromatic carbocycles. The third-order valence-electron chi connectivity index (χ3n) is 3.75. The molecule has 0 aliphatic carbocycles. The number of carbonyl (C=O) groups excluding carboxylic acids is 2. The molecule has 0 aliphatic heterocycles. The molecular formula is C17H31NO13. The van der Waals surface area contributed by atoms with Gasteiger partial charge in [-0.2, -0.15) is 0 Å². The number of aliphatic hydroxyl groups is 5. The number of likely N-dealkylation sites (N-methyl/N-ethyl adjacent to an activating group) is 1. The van der Waals surface area contributed by atoms with Gasteiger partial charge in [0.15, 0.2) is 5.78 Å². The van der Waals surface area contributed by atoms with Crippen LogP contribution in [0.1, 0.15) is 13.8 Å². The minimum absolute atomic E-state index is 0.0713. The number of ether oxygens (including phenoxy) is 3. The maximum absolute atomic E-state index is 12.0. The van der Waals surface area contributed by atoms with Gasteiger partial charge in [0.05, 0.1) is 19.8 Å². The molecule has 0 aromatic rings. The number of carbonyl (C=O) groups is 3. The summed E-state index contributed by atoms with van der Waals surface area (Å²) in [7, 11) is 0. The first-order chi connectivity index (χ1) is 14.6. The summed E-state index contributed by atoms with van der Waals surface area (Å²) in [6.45, 7) is 0.774. The van der Waals surface area contributed by atoms with Crippen molar-refractivity contribution in [3.05, 3.63) is 0 Å². The van der Waals surface area contributed by atoms with Gasteiger partial charge in [-0.25, -0.2) is 9.86 Å². The molecule has 0 saturated heterocycles. The first-order valence-electron chi connectivity index (χ1n) is 9.43. The van der Waals surface area contributed by atoms with Crippen LogP contribution in [0.4, 0.5) is 0 Å². The highest BCUT2D eigenvalue weighted by Crippen LogP contribution is 2.06. The van der Waals surface area contributed by atoms with Crippen LogP contribution < -0.4 is 0 Å². The number of hydroxylamine groups is 2. The van der Waals surface area contributed by atoms with Crippen molar-refractivity contribution < 1.29 is 64.1 Å². The number of aliphatic carboxylic acids is 1. The standard InChI is InChI=1S/C17H31NO13/c1-3-18(12(22)9-30-17(16(26)27)29-4-2)31-6-5-28-8-11(21)14(24)15(25)13(23)10(20)7-19/h10,13-15,17,19-20,23-25H,3-9H2,1-2H3,(H,26,27). The number of rotatable bonds is 18. The molecule has 0 aromatic heterocycles. The lowest BCUT2D eigenvalue weighted by molar-refractivity contribution is -0.209. The molecule has 6 N–H and O–H groups in total. The number of aliphatic hydroxyl groups excluding tert-OH is 5. The average molecular weight is 457 g/mol. The van der Waals surface area contributed by atoms with Gasteiger partial charge in [0.1, 0.15) is 37.6 Å². The summed E-state index contributed by atoms with van der Waals surface area (Å²) in [5, 5.41) is 56.4. The van der Waals surface area contributed by atoms with Crippen LogP contribution in [0.5, 0.6) is 0 Å². The van der Waals surface area contributed by atoms with E-state index in [1.165, 1.54) is 0 Å². The Labute approximate surface area is 178 Å². The SMILES string of the molecule is CCOC(OCC(=O)N(CC)OCCOCC(=O)C(O)C(O)C(O)C(O)CO)C(=O)O. The maximum atomic E-state index is 12.0. The Hall–Kier alpha value is -1.75. The van der Waals surface area contributed by atoms with Crippen molar-refractivity contribution in [1.29, 1.82) is 0 Å². The van der Waals surface area contributed by atoms with Gasteiger partial charge in [-0.1, -0.05) is 0 Å². The summed E-state index contributed by atoms with van der Waals surface area (Å²) in [4.78, 5) is 39.8. The van der Waals surface area contributed by atoms with Crippen LogP contribution in [0, 0.1) is 0 Å². The van der Waals surface area contributed by atoms with Crippen LogP contribution in [0.2, 0.25) is 0 Å². The number of nitrogens with zero attached hydrogens (tertiary/aromatic N) is 1. The Morgan fingerprint density at radius 3 is 2.10 bits per heavy atom. The van der Waals surface area contributed by atoms with Gasteiger partial charge in [0.2, 0.25) is 0 Å². The van der Waals surface area contributed by atoms with Crippen LogP contribution in [0.15, 0.2) is 0 Å². The largest absolute Gasteiger partial charge is 0.477 e. The van der Waals surface area contributed by atoms with Crippen molar-refractivity contribution in [2.24, 2.45) is 0 Å². The second-order valence-corrected chi connectivity index (χ2v) is 6.05. The maximum Gasteiger partial charge on any atom is 0.361 e. The van der Waals surface area contributed by atoms with Gasteiger partial charge in [-0.05, 0) is 13.8 Å². The third kappa shape index (κ3) is 10.9. The Balaban J connectivity index is 4.29. The minimum atomic E-state index is -2.06. The summed E-state index contributed by atoms with van der Waals surface area (Å²) in [6, 6.07) is 0. The van der Waals surface area contributed by atoms with E-state index < -0.39 is 68.2 Å². The Morgan fingerprint density at radius 2 is 1.58 bits per heavy atom. The molecule has 0 bridgehead atoms. The lowest BCUT2D eigenvalue weighted by atomic mass is 10.0. The fourth-order valence-corrected chi connectivity index (χ4v) is 2.08. The van der Waals surface area contributed by atoms with Crippen LogP contribution >= 0.6 is 0 Å². The number of hydrogen-bond donors (Lipinski definition) is 6. The zero-order chi connectivity index (χ0) is 24.0. The quantitative estimate of drug-likeness (QED) is 0.0664. The van der Waals surface area contributed by atoms with E-state index in [9.17, 15) is 34.8 Å². The van der Waals surface area contributed by atoms with Crippen molar-refractivity contribution in [2.45, 2.75) is 44.6 Å². The molecule has 0 heterocycles. The highest BCUT2D eigenvalue weighted by Gasteiger charge is 2.33. The van der Waals surface area contributed by atoms with E-state index in [2.05, 4.69) is 0 Å². The summed E-state index contributed by atoms with van der Waals surface area (Å²) >= 11 is 0. The fourth-order valence-electron chi connectivity index (χ4n) is 2.08. The molecule has 0 saturated carbocycles. The van der Waals surface area contributed by atoms with Gasteiger partial charge < -0.3 is 44.8 Å².